The number of likely N-dealkylation sites (N-methyl/N-ethyl adjacent to an activating group) is 1. The molecule has 0 saturated carbocycles. The molecule has 0 aromatic heterocycles. The van der Waals surface area contributed by atoms with E-state index in [9.17, 15) is 14.4 Å². The van der Waals surface area contributed by atoms with E-state index in [1.807, 2.05) is 19.0 Å². The number of carboxylic acids is 1. The van der Waals surface area contributed by atoms with Gasteiger partial charge in [-0.3, -0.25) is 0 Å². The van der Waals surface area contributed by atoms with Crippen LogP contribution < -0.4 is 5.32 Å². The number of esters is 2. The van der Waals surface area contributed by atoms with E-state index < -0.39 is 23.8 Å². The molecule has 1 aromatic carbocycles. The van der Waals surface area contributed by atoms with Gasteiger partial charge in [0, 0.05) is 24.0 Å². The summed E-state index contributed by atoms with van der Waals surface area (Å²) in [7, 11) is 3.74. The molecule has 1 atom stereocenters. The third-order valence-electron chi connectivity index (χ3n) is 4.82. The SMILES string of the molecule is CCOC(=O)C1=C(C)NC(CN(C)C)=C(C(=O)OCC)C1c1ccccc1/C=C/C(=O)O. The summed E-state index contributed by atoms with van der Waals surface area (Å²) in [5, 5.41) is 12.3. The summed E-state index contributed by atoms with van der Waals surface area (Å²) in [6.45, 7) is 5.93. The van der Waals surface area contributed by atoms with Gasteiger partial charge in [0.2, 0.25) is 0 Å². The predicted octanol–water partition coefficient (Wildman–Crippen LogP) is 2.69. The van der Waals surface area contributed by atoms with Gasteiger partial charge in [0.25, 0.3) is 0 Å². The molecule has 0 spiro atoms. The second-order valence-electron chi connectivity index (χ2n) is 7.47. The maximum Gasteiger partial charge on any atom is 0.336 e. The summed E-state index contributed by atoms with van der Waals surface area (Å²) in [5.74, 6) is -2.99. The van der Waals surface area contributed by atoms with Gasteiger partial charge >= 0.3 is 17.9 Å². The minimum atomic E-state index is -1.10. The molecule has 0 aliphatic carbocycles. The number of hydrogen-bond donors (Lipinski definition) is 2. The number of nitrogens with one attached hydrogen (secondary N) is 1. The van der Waals surface area contributed by atoms with Gasteiger partial charge in [-0.2, -0.15) is 0 Å². The number of nitrogens with zero attached hydrogens (tertiary/aromatic N) is 1. The van der Waals surface area contributed by atoms with Crippen LogP contribution in [0.1, 0.15) is 37.8 Å². The third kappa shape index (κ3) is 5.85. The summed E-state index contributed by atoms with van der Waals surface area (Å²) < 4.78 is 10.7. The molecule has 1 unspecified atom stereocenters. The van der Waals surface area contributed by atoms with Crippen LogP contribution in [0.5, 0.6) is 0 Å². The van der Waals surface area contributed by atoms with E-state index in [1.54, 1.807) is 45.0 Å². The summed E-state index contributed by atoms with van der Waals surface area (Å²) in [6.07, 6.45) is 2.47. The number of rotatable bonds is 9. The van der Waals surface area contributed by atoms with Crippen molar-refractivity contribution in [3.8, 4) is 0 Å². The van der Waals surface area contributed by atoms with Crippen molar-refractivity contribution in [3.05, 3.63) is 64.0 Å². The molecule has 32 heavy (non-hydrogen) atoms. The molecular weight excluding hydrogens is 412 g/mol. The quantitative estimate of drug-likeness (QED) is 0.444. The normalized spacial score (nSPS) is 16.4. The molecule has 0 amide bonds. The molecule has 1 aliphatic heterocycles. The standard InChI is InChI=1S/C24H30N2O6/c1-6-31-23(29)20-15(3)25-18(14-26(4)5)22(24(30)32-7-2)21(20)17-11-9-8-10-16(17)12-13-19(27)28/h8-13,21,25H,6-7,14H2,1-5H3,(H,27,28)/b13-12+. The smallest absolute Gasteiger partial charge is 0.336 e. The van der Waals surface area contributed by atoms with Crippen LogP contribution >= 0.6 is 0 Å². The van der Waals surface area contributed by atoms with Crippen molar-refractivity contribution in [1.29, 1.82) is 0 Å². The van der Waals surface area contributed by atoms with Crippen LogP contribution in [-0.4, -0.2) is 61.8 Å². The van der Waals surface area contributed by atoms with Crippen LogP contribution in [0.3, 0.4) is 0 Å². The van der Waals surface area contributed by atoms with Crippen LogP contribution in [0.2, 0.25) is 0 Å². The lowest BCUT2D eigenvalue weighted by Crippen LogP contribution is -2.37. The van der Waals surface area contributed by atoms with Crippen molar-refractivity contribution in [3.63, 3.8) is 0 Å². The van der Waals surface area contributed by atoms with E-state index in [0.29, 0.717) is 34.6 Å². The average molecular weight is 443 g/mol. The van der Waals surface area contributed by atoms with E-state index in [1.165, 1.54) is 6.08 Å². The first-order chi connectivity index (χ1) is 15.2. The Balaban J connectivity index is 2.83. The Morgan fingerprint density at radius 1 is 1.06 bits per heavy atom. The van der Waals surface area contributed by atoms with Crippen molar-refractivity contribution in [2.45, 2.75) is 26.7 Å². The number of hydrogen-bond acceptors (Lipinski definition) is 7. The molecule has 8 nitrogen and oxygen atoms in total. The highest BCUT2D eigenvalue weighted by Crippen LogP contribution is 2.41. The first kappa shape index (κ1) is 24.9. The van der Waals surface area contributed by atoms with Gasteiger partial charge < -0.3 is 24.8 Å². The summed E-state index contributed by atoms with van der Waals surface area (Å²) in [4.78, 5) is 39.2. The Morgan fingerprint density at radius 2 is 1.66 bits per heavy atom. The van der Waals surface area contributed by atoms with Gasteiger partial charge in [0.1, 0.15) is 0 Å². The molecule has 1 aromatic rings. The molecule has 172 valence electrons. The number of aliphatic carboxylic acids is 1. The molecular formula is C24H30N2O6. The second-order valence-corrected chi connectivity index (χ2v) is 7.47. The zero-order valence-corrected chi connectivity index (χ0v) is 19.1. The van der Waals surface area contributed by atoms with Gasteiger partial charge in [0.15, 0.2) is 0 Å². The monoisotopic (exact) mass is 442 g/mol. The molecule has 2 N–H and O–H groups in total. The summed E-state index contributed by atoms with van der Waals surface area (Å²) in [6, 6.07) is 7.06. The fourth-order valence-electron chi connectivity index (χ4n) is 3.66. The zero-order chi connectivity index (χ0) is 23.8. The molecule has 0 saturated heterocycles. The van der Waals surface area contributed by atoms with E-state index in [4.69, 9.17) is 14.6 Å². The summed E-state index contributed by atoms with van der Waals surface area (Å²) in [5.41, 5.74) is 2.94. The minimum Gasteiger partial charge on any atom is -0.478 e. The fraction of sp³-hybridized carbons (Fsp3) is 0.375. The largest absolute Gasteiger partial charge is 0.478 e. The topological polar surface area (TPSA) is 105 Å². The van der Waals surface area contributed by atoms with Crippen LogP contribution in [-0.2, 0) is 23.9 Å². The first-order valence-electron chi connectivity index (χ1n) is 10.4. The lowest BCUT2D eigenvalue weighted by atomic mass is 9.78. The van der Waals surface area contributed by atoms with Crippen molar-refractivity contribution < 1.29 is 29.0 Å². The number of allylic oxidation sites excluding steroid dienone is 1. The number of dihydropyridines is 1. The Kier molecular flexibility index (Phi) is 8.78. The molecule has 1 aliphatic rings. The maximum atomic E-state index is 13.2. The zero-order valence-electron chi connectivity index (χ0n) is 19.1. The highest BCUT2D eigenvalue weighted by molar-refractivity contribution is 6.00. The molecule has 1 heterocycles. The van der Waals surface area contributed by atoms with Crippen LogP contribution in [0.4, 0.5) is 0 Å². The van der Waals surface area contributed by atoms with Crippen molar-refractivity contribution in [2.24, 2.45) is 0 Å². The number of ether oxygens (including phenoxy) is 2. The molecule has 2 rings (SSSR count). The fourth-order valence-corrected chi connectivity index (χ4v) is 3.66. The highest BCUT2D eigenvalue weighted by Gasteiger charge is 2.39. The van der Waals surface area contributed by atoms with Gasteiger partial charge in [-0.15, -0.1) is 0 Å². The predicted molar refractivity (Wildman–Crippen MR) is 121 cm³/mol. The van der Waals surface area contributed by atoms with E-state index >= 15 is 0 Å². The van der Waals surface area contributed by atoms with E-state index in [2.05, 4.69) is 5.32 Å². The second kappa shape index (κ2) is 11.3. The lowest BCUT2D eigenvalue weighted by Gasteiger charge is -2.33. The lowest BCUT2D eigenvalue weighted by molar-refractivity contribution is -0.139. The molecule has 8 heteroatoms. The minimum absolute atomic E-state index is 0.169. The number of carbonyl (C=O) groups excluding carboxylic acids is 2. The average Bonchev–Trinajstić information content (AvgIpc) is 2.71. The van der Waals surface area contributed by atoms with Crippen LogP contribution in [0.15, 0.2) is 52.9 Å². The van der Waals surface area contributed by atoms with E-state index in [0.717, 1.165) is 6.08 Å². The first-order valence-corrected chi connectivity index (χ1v) is 10.4. The van der Waals surface area contributed by atoms with Crippen LogP contribution in [0.25, 0.3) is 6.08 Å². The number of benzene rings is 1. The Bertz CT molecular complexity index is 974. The maximum absolute atomic E-state index is 13.2. The van der Waals surface area contributed by atoms with Crippen molar-refractivity contribution in [1.82, 2.24) is 10.2 Å². The highest BCUT2D eigenvalue weighted by atomic mass is 16.5. The molecule has 0 radical (unpaired) electrons. The third-order valence-corrected chi connectivity index (χ3v) is 4.82. The Morgan fingerprint density at radius 3 is 2.22 bits per heavy atom. The van der Waals surface area contributed by atoms with Gasteiger partial charge in [-0.25, -0.2) is 14.4 Å². The van der Waals surface area contributed by atoms with E-state index in [-0.39, 0.29) is 18.8 Å². The summed E-state index contributed by atoms with van der Waals surface area (Å²) >= 11 is 0. The Hall–Kier alpha value is -3.39. The van der Waals surface area contributed by atoms with Gasteiger partial charge in [-0.1, -0.05) is 24.3 Å². The number of carboxylic acid groups (broad SMARTS) is 1. The van der Waals surface area contributed by atoms with Crippen molar-refractivity contribution in [2.75, 3.05) is 33.9 Å². The Labute approximate surface area is 188 Å². The number of carbonyl (C=O) groups is 3. The van der Waals surface area contributed by atoms with Crippen molar-refractivity contribution >= 4 is 24.0 Å². The molecule has 0 fully saturated rings. The molecule has 0 bridgehead atoms. The van der Waals surface area contributed by atoms with Crippen LogP contribution in [0, 0.1) is 0 Å². The van der Waals surface area contributed by atoms with Gasteiger partial charge in [-0.05, 0) is 52.1 Å². The van der Waals surface area contributed by atoms with Gasteiger partial charge in [0.05, 0.1) is 30.3 Å².